The van der Waals surface area contributed by atoms with Crippen molar-refractivity contribution < 1.29 is 8.83 Å². The summed E-state index contributed by atoms with van der Waals surface area (Å²) in [7, 11) is 0. The molecule has 0 aliphatic rings. The molecule has 0 radical (unpaired) electrons. The average molecular weight is 897 g/mol. The molecule has 0 atom stereocenters. The van der Waals surface area contributed by atoms with Crippen LogP contribution in [0.25, 0.3) is 146 Å². The minimum Gasteiger partial charge on any atom is -0.454 e. The molecule has 0 aliphatic carbocycles. The van der Waals surface area contributed by atoms with E-state index in [-0.39, 0.29) is 0 Å². The van der Waals surface area contributed by atoms with E-state index in [4.69, 9.17) is 8.83 Å². The zero-order valence-electron chi connectivity index (χ0n) is 36.5. The predicted octanol–water partition coefficient (Wildman–Crippen LogP) is 17.8. The van der Waals surface area contributed by atoms with Gasteiger partial charge in [0.25, 0.3) is 0 Å². The maximum Gasteiger partial charge on any atom is 0.220 e. The van der Waals surface area contributed by atoms with E-state index in [0.717, 1.165) is 114 Å². The van der Waals surface area contributed by atoms with Crippen LogP contribution in [0.3, 0.4) is 0 Å². The normalized spacial score (nSPS) is 12.0. The van der Waals surface area contributed by atoms with E-state index in [1.54, 1.807) is 11.3 Å². The number of fused-ring (bicyclic) bond motifs is 18. The zero-order chi connectivity index (χ0) is 45.5. The van der Waals surface area contributed by atoms with E-state index in [1.165, 1.54) is 10.1 Å². The molecule has 0 unspecified atom stereocenters. The molecular weight excluding hydrogens is 865 g/mol. The fourth-order valence-electron chi connectivity index (χ4n) is 11.4. The van der Waals surface area contributed by atoms with Crippen molar-refractivity contribution in [2.75, 3.05) is 0 Å². The van der Waals surface area contributed by atoms with Gasteiger partial charge in [-0.2, -0.15) is 5.26 Å². The van der Waals surface area contributed by atoms with E-state index < -0.39 is 0 Å². The molecule has 0 fully saturated rings. The van der Waals surface area contributed by atoms with Crippen LogP contribution in [0.5, 0.6) is 0 Å². The van der Waals surface area contributed by atoms with Gasteiger partial charge in [-0.25, -0.2) is 4.85 Å². The smallest absolute Gasteiger partial charge is 0.220 e. The Bertz CT molecular complexity index is 4670. The molecule has 0 bridgehead atoms. The van der Waals surface area contributed by atoms with Gasteiger partial charge < -0.3 is 18.0 Å². The van der Waals surface area contributed by atoms with Crippen molar-refractivity contribution in [2.45, 2.75) is 0 Å². The first-order valence-corrected chi connectivity index (χ1v) is 23.7. The van der Waals surface area contributed by atoms with Gasteiger partial charge in [-0.3, -0.25) is 0 Å². The minimum atomic E-state index is 0.361. The second-order valence-electron chi connectivity index (χ2n) is 17.6. The van der Waals surface area contributed by atoms with Crippen LogP contribution in [0, 0.1) is 17.9 Å². The largest absolute Gasteiger partial charge is 0.454 e. The summed E-state index contributed by atoms with van der Waals surface area (Å²) >= 11 is 1.76. The molecule has 5 aromatic heterocycles. The second-order valence-corrected chi connectivity index (χ2v) is 18.7. The number of hydrogen-bond donors (Lipinski definition) is 0. The first-order chi connectivity index (χ1) is 34.2. The van der Waals surface area contributed by atoms with Gasteiger partial charge in [-0.05, 0) is 47.5 Å². The monoisotopic (exact) mass is 896 g/mol. The fourth-order valence-corrected chi connectivity index (χ4v) is 12.6. The van der Waals surface area contributed by atoms with Crippen molar-refractivity contribution in [3.63, 3.8) is 0 Å². The fraction of sp³-hybridized carbons (Fsp3) is 0. The number of furan rings is 2. The highest BCUT2D eigenvalue weighted by molar-refractivity contribution is 7.26. The van der Waals surface area contributed by atoms with Crippen LogP contribution < -0.4 is 0 Å². The summed E-state index contributed by atoms with van der Waals surface area (Å²) < 4.78 is 20.8. The molecule has 5 heterocycles. The van der Waals surface area contributed by atoms with Crippen LogP contribution in [-0.4, -0.2) is 9.13 Å². The van der Waals surface area contributed by atoms with Gasteiger partial charge in [0.05, 0.1) is 50.3 Å². The van der Waals surface area contributed by atoms with Crippen molar-refractivity contribution in [1.82, 2.24) is 9.13 Å². The van der Waals surface area contributed by atoms with Crippen LogP contribution in [0.2, 0.25) is 0 Å². The van der Waals surface area contributed by atoms with Gasteiger partial charge in [-0.1, -0.05) is 158 Å². The van der Waals surface area contributed by atoms with Crippen molar-refractivity contribution in [2.24, 2.45) is 0 Å². The third kappa shape index (κ3) is 5.01. The summed E-state index contributed by atoms with van der Waals surface area (Å²) in [6.45, 7) is 9.46. The lowest BCUT2D eigenvalue weighted by Gasteiger charge is -2.25. The van der Waals surface area contributed by atoms with Crippen molar-refractivity contribution in [3.8, 4) is 39.7 Å². The number of thiophene rings is 1. The quantitative estimate of drug-likeness (QED) is 0.165. The molecule has 15 rings (SSSR count). The van der Waals surface area contributed by atoms with E-state index in [1.807, 2.05) is 84.9 Å². The molecular formula is C62H32N4O2S. The topological polar surface area (TPSA) is 64.3 Å². The summed E-state index contributed by atoms with van der Waals surface area (Å²) in [6, 6.07) is 69.5. The average Bonchev–Trinajstić information content (AvgIpc) is 4.23. The minimum absolute atomic E-state index is 0.361. The van der Waals surface area contributed by atoms with Crippen molar-refractivity contribution >= 4 is 125 Å². The van der Waals surface area contributed by atoms with Crippen LogP contribution in [0.4, 0.5) is 5.69 Å². The molecule has 0 saturated carbocycles. The Morgan fingerprint density at radius 3 is 1.57 bits per heavy atom. The Morgan fingerprint density at radius 1 is 0.435 bits per heavy atom. The van der Waals surface area contributed by atoms with Gasteiger partial charge in [0, 0.05) is 69.7 Å². The third-order valence-corrected chi connectivity index (χ3v) is 15.4. The van der Waals surface area contributed by atoms with Crippen LogP contribution in [-0.2, 0) is 0 Å². The standard InChI is InChI=1S/C62H32N4O2S/c1-64-54-52(35-16-4-2-5-17-35)47(34-63)55(65-48-24-12-8-20-37(48)41-28-31-44-38-21-9-13-25-49(38)67-60(44)56(41)65)53(36-18-6-3-7-19-36)59(54)66-57-42(29-32-45-39-22-10-14-26-50(39)68-61(45)57)43-30-33-46-40-23-11-15-27-51(40)69-62(46)58(43)66/h2-33H. The molecule has 10 aromatic carbocycles. The van der Waals surface area contributed by atoms with Gasteiger partial charge in [-0.15, -0.1) is 11.3 Å². The summed E-state index contributed by atoms with van der Waals surface area (Å²) in [5.74, 6) is 0. The van der Waals surface area contributed by atoms with Crippen molar-refractivity contribution in [1.29, 1.82) is 5.26 Å². The predicted molar refractivity (Wildman–Crippen MR) is 284 cm³/mol. The zero-order valence-corrected chi connectivity index (χ0v) is 37.3. The molecule has 15 aromatic rings. The number of para-hydroxylation sites is 3. The maximum atomic E-state index is 12.0. The molecule has 6 nitrogen and oxygen atoms in total. The summed E-state index contributed by atoms with van der Waals surface area (Å²) in [5, 5.41) is 22.3. The summed E-state index contributed by atoms with van der Waals surface area (Å²) in [4.78, 5) is 4.61. The van der Waals surface area contributed by atoms with E-state index >= 15 is 0 Å². The molecule has 0 aliphatic heterocycles. The first kappa shape index (κ1) is 37.8. The highest BCUT2D eigenvalue weighted by Gasteiger charge is 2.34. The van der Waals surface area contributed by atoms with Gasteiger partial charge >= 0.3 is 0 Å². The van der Waals surface area contributed by atoms with E-state index in [0.29, 0.717) is 28.2 Å². The number of nitrogens with zero attached hydrogens (tertiary/aromatic N) is 4. The first-order valence-electron chi connectivity index (χ1n) is 22.9. The van der Waals surface area contributed by atoms with Crippen LogP contribution in [0.1, 0.15) is 5.56 Å². The van der Waals surface area contributed by atoms with E-state index in [2.05, 4.69) is 129 Å². The van der Waals surface area contributed by atoms with Gasteiger partial charge in [0.15, 0.2) is 11.2 Å². The molecule has 0 amide bonds. The Kier molecular flexibility index (Phi) is 7.70. The lowest BCUT2D eigenvalue weighted by Crippen LogP contribution is -2.09. The maximum absolute atomic E-state index is 12.0. The molecule has 0 saturated heterocycles. The van der Waals surface area contributed by atoms with Gasteiger partial charge in [0.2, 0.25) is 5.69 Å². The Hall–Kier alpha value is -9.40. The number of nitriles is 1. The highest BCUT2D eigenvalue weighted by atomic mass is 32.1. The van der Waals surface area contributed by atoms with Crippen LogP contribution in [0.15, 0.2) is 203 Å². The molecule has 318 valence electrons. The number of rotatable bonds is 4. The lowest BCUT2D eigenvalue weighted by molar-refractivity contribution is 0.671. The Morgan fingerprint density at radius 2 is 0.928 bits per heavy atom. The molecule has 0 N–H and O–H groups in total. The summed E-state index contributed by atoms with van der Waals surface area (Å²) in [6.07, 6.45) is 0. The molecule has 0 spiro atoms. The van der Waals surface area contributed by atoms with Gasteiger partial charge in [0.1, 0.15) is 17.2 Å². The number of hydrogen-bond acceptors (Lipinski definition) is 4. The number of benzene rings is 10. The third-order valence-electron chi connectivity index (χ3n) is 14.2. The molecule has 7 heteroatoms. The Balaban J connectivity index is 1.27. The highest BCUT2D eigenvalue weighted by Crippen LogP contribution is 2.55. The van der Waals surface area contributed by atoms with Crippen molar-refractivity contribution in [3.05, 3.63) is 211 Å². The van der Waals surface area contributed by atoms with E-state index in [9.17, 15) is 11.8 Å². The molecule has 69 heavy (non-hydrogen) atoms. The Labute approximate surface area is 396 Å². The second kappa shape index (κ2) is 14.1. The number of aromatic nitrogens is 2. The SMILES string of the molecule is [C-]#[N+]c1c(-c2ccccc2)c(C#N)c(-n2c3ccccc3c3ccc4c5ccccc5oc4c32)c(-c2ccccc2)c1-n1c2c(ccc3c4ccccc4oc32)c2ccc3c4ccccc4sc3c21. The summed E-state index contributed by atoms with van der Waals surface area (Å²) in [5.41, 5.74) is 11.5. The van der Waals surface area contributed by atoms with Crippen LogP contribution >= 0.6 is 11.3 Å². The lowest BCUT2D eigenvalue weighted by atomic mass is 9.88.